The van der Waals surface area contributed by atoms with Gasteiger partial charge in [0, 0.05) is 15.9 Å². The minimum absolute atomic E-state index is 0.836. The number of hydrogen-bond donors (Lipinski definition) is 0. The molecule has 0 saturated carbocycles. The van der Waals surface area contributed by atoms with Crippen LogP contribution in [0.3, 0.4) is 0 Å². The summed E-state index contributed by atoms with van der Waals surface area (Å²) >= 11 is 0. The summed E-state index contributed by atoms with van der Waals surface area (Å²) in [5.74, 6) is 0. The third-order valence-corrected chi connectivity index (χ3v) is 10.8. The average Bonchev–Trinajstić information content (AvgIpc) is 3.04. The summed E-state index contributed by atoms with van der Waals surface area (Å²) in [5, 5.41) is 7.31. The molecule has 0 aliphatic rings. The molecule has 190 valence electrons. The largest absolute Gasteiger partial charge is 0.309 e. The molecular formula is C38H27OP. The molecule has 0 aromatic heterocycles. The van der Waals surface area contributed by atoms with Crippen molar-refractivity contribution in [2.75, 3.05) is 0 Å². The topological polar surface area (TPSA) is 17.1 Å². The van der Waals surface area contributed by atoms with Gasteiger partial charge in [-0.2, -0.15) is 0 Å². The van der Waals surface area contributed by atoms with E-state index in [0.717, 1.165) is 21.5 Å². The van der Waals surface area contributed by atoms with Crippen molar-refractivity contribution >= 4 is 44.6 Å². The van der Waals surface area contributed by atoms with Gasteiger partial charge in [0.25, 0.3) is 0 Å². The van der Waals surface area contributed by atoms with Crippen molar-refractivity contribution in [3.05, 3.63) is 164 Å². The van der Waals surface area contributed by atoms with E-state index < -0.39 is 7.14 Å². The van der Waals surface area contributed by atoms with E-state index in [-0.39, 0.29) is 0 Å². The molecule has 0 saturated heterocycles. The molecule has 7 aromatic rings. The van der Waals surface area contributed by atoms with Crippen molar-refractivity contribution in [2.24, 2.45) is 0 Å². The van der Waals surface area contributed by atoms with E-state index in [0.29, 0.717) is 0 Å². The van der Waals surface area contributed by atoms with E-state index in [4.69, 9.17) is 0 Å². The zero-order valence-corrected chi connectivity index (χ0v) is 22.8. The molecule has 0 N–H and O–H groups in total. The van der Waals surface area contributed by atoms with Crippen molar-refractivity contribution in [3.63, 3.8) is 0 Å². The van der Waals surface area contributed by atoms with Crippen LogP contribution in [0.5, 0.6) is 0 Å². The highest BCUT2D eigenvalue weighted by atomic mass is 31.2. The first kappa shape index (κ1) is 24.3. The maximum atomic E-state index is 15.2. The Labute approximate surface area is 234 Å². The second-order valence-corrected chi connectivity index (χ2v) is 12.8. The minimum Gasteiger partial charge on any atom is -0.309 e. The summed E-state index contributed by atoms with van der Waals surface area (Å²) in [6.07, 6.45) is 0. The molecule has 0 fully saturated rings. The number of rotatable bonds is 5. The Kier molecular flexibility index (Phi) is 6.16. The third kappa shape index (κ3) is 3.99. The fourth-order valence-electron chi connectivity index (χ4n) is 5.94. The van der Waals surface area contributed by atoms with Crippen LogP contribution < -0.4 is 15.9 Å². The fraction of sp³-hybridized carbons (Fsp3) is 0. The maximum Gasteiger partial charge on any atom is 0.171 e. The Bertz CT molecular complexity index is 1910. The van der Waals surface area contributed by atoms with Gasteiger partial charge in [-0.15, -0.1) is 0 Å². The van der Waals surface area contributed by atoms with Crippen molar-refractivity contribution < 1.29 is 4.57 Å². The van der Waals surface area contributed by atoms with Crippen molar-refractivity contribution in [1.29, 1.82) is 0 Å². The smallest absolute Gasteiger partial charge is 0.171 e. The van der Waals surface area contributed by atoms with E-state index in [1.807, 2.05) is 66.7 Å². The molecule has 0 bridgehead atoms. The standard InChI is InChI=1S/C38H27OP/c39-40(30-18-6-2-7-19-30,31-20-8-3-9-21-31)32-22-14-17-29(27-32)38-35-25-12-10-23-33(35)37(28-15-4-1-5-16-28)34-24-11-13-26-36(34)38/h1-27H. The average molecular weight is 531 g/mol. The lowest BCUT2D eigenvalue weighted by Gasteiger charge is -2.22. The Hall–Kier alpha value is -4.71. The lowest BCUT2D eigenvalue weighted by Crippen LogP contribution is -2.25. The van der Waals surface area contributed by atoms with Crippen molar-refractivity contribution in [1.82, 2.24) is 0 Å². The molecule has 0 spiro atoms. The van der Waals surface area contributed by atoms with Gasteiger partial charge >= 0.3 is 0 Å². The third-order valence-electron chi connectivity index (χ3n) is 7.73. The maximum absolute atomic E-state index is 15.2. The number of benzene rings is 7. The first-order chi connectivity index (χ1) is 19.7. The zero-order chi connectivity index (χ0) is 26.9. The summed E-state index contributed by atoms with van der Waals surface area (Å²) < 4.78 is 15.2. The molecule has 0 heterocycles. The van der Waals surface area contributed by atoms with Gasteiger partial charge in [-0.1, -0.05) is 158 Å². The summed E-state index contributed by atoms with van der Waals surface area (Å²) in [6, 6.07) is 56.1. The Morgan fingerprint density at radius 2 is 0.675 bits per heavy atom. The van der Waals surface area contributed by atoms with Crippen molar-refractivity contribution in [3.8, 4) is 22.3 Å². The van der Waals surface area contributed by atoms with Crippen LogP contribution in [0.15, 0.2) is 164 Å². The normalized spacial score (nSPS) is 11.6. The molecule has 7 rings (SSSR count). The highest BCUT2D eigenvalue weighted by Gasteiger charge is 2.30. The molecule has 0 aliphatic heterocycles. The number of fused-ring (bicyclic) bond motifs is 2. The summed E-state index contributed by atoms with van der Waals surface area (Å²) in [7, 11) is -3.10. The van der Waals surface area contributed by atoms with Gasteiger partial charge in [-0.05, 0) is 49.9 Å². The summed E-state index contributed by atoms with van der Waals surface area (Å²) in [5.41, 5.74) is 4.68. The van der Waals surface area contributed by atoms with Gasteiger partial charge in [0.05, 0.1) is 0 Å². The van der Waals surface area contributed by atoms with Gasteiger partial charge in [0.2, 0.25) is 0 Å². The highest BCUT2D eigenvalue weighted by molar-refractivity contribution is 7.85. The molecular weight excluding hydrogens is 503 g/mol. The van der Waals surface area contributed by atoms with Gasteiger partial charge in [-0.25, -0.2) is 0 Å². The van der Waals surface area contributed by atoms with Crippen LogP contribution in [0.2, 0.25) is 0 Å². The quantitative estimate of drug-likeness (QED) is 0.160. The van der Waals surface area contributed by atoms with Gasteiger partial charge < -0.3 is 4.57 Å². The van der Waals surface area contributed by atoms with E-state index in [9.17, 15) is 0 Å². The molecule has 0 amide bonds. The molecule has 2 heteroatoms. The van der Waals surface area contributed by atoms with Crippen LogP contribution in [0.1, 0.15) is 0 Å². The second-order valence-electron chi connectivity index (χ2n) is 10.0. The van der Waals surface area contributed by atoms with Gasteiger partial charge in [0.1, 0.15) is 0 Å². The SMILES string of the molecule is O=P(c1ccccc1)(c1ccccc1)c1cccc(-c2c3ccccc3c(-c3ccccc3)c3ccccc23)c1. The van der Waals surface area contributed by atoms with Gasteiger partial charge in [-0.3, -0.25) is 0 Å². The second kappa shape index (κ2) is 10.1. The summed E-state index contributed by atoms with van der Waals surface area (Å²) in [4.78, 5) is 0. The Balaban J connectivity index is 1.54. The van der Waals surface area contributed by atoms with Crippen LogP contribution in [-0.4, -0.2) is 0 Å². The predicted molar refractivity (Wildman–Crippen MR) is 172 cm³/mol. The predicted octanol–water partition coefficient (Wildman–Crippen LogP) is 8.97. The molecule has 40 heavy (non-hydrogen) atoms. The highest BCUT2D eigenvalue weighted by Crippen LogP contribution is 2.46. The lowest BCUT2D eigenvalue weighted by molar-refractivity contribution is 0.592. The van der Waals surface area contributed by atoms with Gasteiger partial charge in [0.15, 0.2) is 7.14 Å². The molecule has 0 radical (unpaired) electrons. The van der Waals surface area contributed by atoms with Crippen LogP contribution in [-0.2, 0) is 4.57 Å². The van der Waals surface area contributed by atoms with Crippen LogP contribution >= 0.6 is 7.14 Å². The zero-order valence-electron chi connectivity index (χ0n) is 21.9. The lowest BCUT2D eigenvalue weighted by atomic mass is 9.86. The molecule has 0 unspecified atom stereocenters. The number of hydrogen-bond acceptors (Lipinski definition) is 1. The van der Waals surface area contributed by atoms with E-state index in [1.54, 1.807) is 0 Å². The molecule has 1 nitrogen and oxygen atoms in total. The minimum atomic E-state index is -3.10. The molecule has 0 atom stereocenters. The monoisotopic (exact) mass is 530 g/mol. The Morgan fingerprint density at radius 1 is 0.325 bits per heavy atom. The van der Waals surface area contributed by atoms with Crippen LogP contribution in [0.4, 0.5) is 0 Å². The first-order valence-corrected chi connectivity index (χ1v) is 15.3. The first-order valence-electron chi connectivity index (χ1n) is 13.6. The molecule has 7 aromatic carbocycles. The van der Waals surface area contributed by atoms with E-state index in [2.05, 4.69) is 97.1 Å². The Morgan fingerprint density at radius 3 is 1.15 bits per heavy atom. The summed E-state index contributed by atoms with van der Waals surface area (Å²) in [6.45, 7) is 0. The fourth-order valence-corrected chi connectivity index (χ4v) is 8.63. The van der Waals surface area contributed by atoms with Crippen molar-refractivity contribution in [2.45, 2.75) is 0 Å². The molecule has 0 aliphatic carbocycles. The van der Waals surface area contributed by atoms with Crippen LogP contribution in [0, 0.1) is 0 Å². The van der Waals surface area contributed by atoms with E-state index >= 15 is 4.57 Å². The van der Waals surface area contributed by atoms with E-state index in [1.165, 1.54) is 38.2 Å². The van der Waals surface area contributed by atoms with Crippen LogP contribution in [0.25, 0.3) is 43.8 Å².